The van der Waals surface area contributed by atoms with Crippen LogP contribution < -0.4 is 5.32 Å². The van der Waals surface area contributed by atoms with Gasteiger partial charge < -0.3 is 5.32 Å². The molecule has 118 valence electrons. The largest absolute Gasteiger partial charge is 0.346 e. The summed E-state index contributed by atoms with van der Waals surface area (Å²) in [6.07, 6.45) is 10.3. The van der Waals surface area contributed by atoms with Gasteiger partial charge in [-0.2, -0.15) is 0 Å². The van der Waals surface area contributed by atoms with E-state index in [1.54, 1.807) is 29.3 Å². The maximum absolute atomic E-state index is 12.5. The third-order valence-electron chi connectivity index (χ3n) is 3.71. The van der Waals surface area contributed by atoms with E-state index in [1.807, 2.05) is 47.3 Å². The van der Waals surface area contributed by atoms with Gasteiger partial charge in [0, 0.05) is 36.9 Å². The SMILES string of the molecule is O=C(NCc1cccnc1-n1ccnc1)c1cnc2ccccn12. The maximum Gasteiger partial charge on any atom is 0.270 e. The van der Waals surface area contributed by atoms with Gasteiger partial charge in [0.15, 0.2) is 0 Å². The Bertz CT molecular complexity index is 989. The number of rotatable bonds is 4. The van der Waals surface area contributed by atoms with Crippen molar-refractivity contribution in [2.75, 3.05) is 0 Å². The zero-order valence-electron chi connectivity index (χ0n) is 12.7. The molecule has 4 aromatic rings. The Morgan fingerprint density at radius 2 is 2.04 bits per heavy atom. The second kappa shape index (κ2) is 5.96. The van der Waals surface area contributed by atoms with Gasteiger partial charge in [0.1, 0.15) is 23.5 Å². The molecule has 0 fully saturated rings. The molecule has 0 saturated carbocycles. The van der Waals surface area contributed by atoms with Crippen molar-refractivity contribution < 1.29 is 4.79 Å². The average Bonchev–Trinajstić information content (AvgIpc) is 3.29. The van der Waals surface area contributed by atoms with Crippen LogP contribution in [-0.4, -0.2) is 29.8 Å². The van der Waals surface area contributed by atoms with Gasteiger partial charge in [-0.3, -0.25) is 13.8 Å². The molecule has 0 atom stereocenters. The van der Waals surface area contributed by atoms with E-state index in [-0.39, 0.29) is 5.91 Å². The minimum atomic E-state index is -0.186. The van der Waals surface area contributed by atoms with Gasteiger partial charge in [-0.05, 0) is 18.2 Å². The molecule has 24 heavy (non-hydrogen) atoms. The quantitative estimate of drug-likeness (QED) is 0.623. The molecule has 0 aliphatic rings. The molecule has 4 rings (SSSR count). The molecular weight excluding hydrogens is 304 g/mol. The highest BCUT2D eigenvalue weighted by molar-refractivity contribution is 5.93. The molecule has 1 N–H and O–H groups in total. The Hall–Kier alpha value is -3.48. The summed E-state index contributed by atoms with van der Waals surface area (Å²) < 4.78 is 3.57. The molecule has 0 bridgehead atoms. The highest BCUT2D eigenvalue weighted by Crippen LogP contribution is 2.11. The Kier molecular flexibility index (Phi) is 3.51. The van der Waals surface area contributed by atoms with Gasteiger partial charge in [-0.25, -0.2) is 15.0 Å². The van der Waals surface area contributed by atoms with E-state index in [4.69, 9.17) is 0 Å². The number of amides is 1. The lowest BCUT2D eigenvalue weighted by Gasteiger charge is -2.10. The van der Waals surface area contributed by atoms with E-state index in [9.17, 15) is 4.79 Å². The van der Waals surface area contributed by atoms with E-state index in [0.717, 1.165) is 17.0 Å². The molecule has 0 unspecified atom stereocenters. The standard InChI is InChI=1S/C17H14N6O/c24-17(14-11-20-15-5-1-2-8-23(14)15)21-10-13-4-3-6-19-16(13)22-9-7-18-12-22/h1-9,11-12H,10H2,(H,21,24). The van der Waals surface area contributed by atoms with Crippen LogP contribution in [0.15, 0.2) is 67.6 Å². The highest BCUT2D eigenvalue weighted by atomic mass is 16.1. The number of aromatic nitrogens is 5. The van der Waals surface area contributed by atoms with E-state index >= 15 is 0 Å². The Labute approximate surface area is 137 Å². The van der Waals surface area contributed by atoms with Crippen LogP contribution in [0.2, 0.25) is 0 Å². The number of carbonyl (C=O) groups is 1. The van der Waals surface area contributed by atoms with Gasteiger partial charge in [0.2, 0.25) is 0 Å². The molecule has 7 heteroatoms. The normalized spacial score (nSPS) is 10.8. The number of fused-ring (bicyclic) bond motifs is 1. The van der Waals surface area contributed by atoms with E-state index in [2.05, 4.69) is 20.3 Å². The lowest BCUT2D eigenvalue weighted by molar-refractivity contribution is 0.0945. The summed E-state index contributed by atoms with van der Waals surface area (Å²) >= 11 is 0. The lowest BCUT2D eigenvalue weighted by atomic mass is 10.2. The number of hydrogen-bond donors (Lipinski definition) is 1. The molecule has 0 radical (unpaired) electrons. The first kappa shape index (κ1) is 14.1. The summed E-state index contributed by atoms with van der Waals surface area (Å²) in [4.78, 5) is 25.1. The van der Waals surface area contributed by atoms with Gasteiger partial charge in [0.05, 0.1) is 6.20 Å². The van der Waals surface area contributed by atoms with E-state index < -0.39 is 0 Å². The van der Waals surface area contributed by atoms with Crippen LogP contribution in [0.25, 0.3) is 11.5 Å². The summed E-state index contributed by atoms with van der Waals surface area (Å²) in [6.45, 7) is 0.361. The first-order valence-electron chi connectivity index (χ1n) is 7.45. The number of imidazole rings is 2. The number of nitrogens with one attached hydrogen (secondary N) is 1. The fourth-order valence-corrected chi connectivity index (χ4v) is 2.55. The van der Waals surface area contributed by atoms with Crippen molar-refractivity contribution >= 4 is 11.6 Å². The van der Waals surface area contributed by atoms with E-state index in [1.165, 1.54) is 0 Å². The van der Waals surface area contributed by atoms with Crippen molar-refractivity contribution in [3.63, 3.8) is 0 Å². The van der Waals surface area contributed by atoms with Crippen molar-refractivity contribution in [2.24, 2.45) is 0 Å². The molecule has 1 amide bonds. The monoisotopic (exact) mass is 318 g/mol. The van der Waals surface area contributed by atoms with Crippen LogP contribution in [0.5, 0.6) is 0 Å². The Morgan fingerprint density at radius 3 is 2.92 bits per heavy atom. The van der Waals surface area contributed by atoms with Crippen LogP contribution in [0.3, 0.4) is 0 Å². The molecule has 0 saturated heterocycles. The topological polar surface area (TPSA) is 77.1 Å². The fourth-order valence-electron chi connectivity index (χ4n) is 2.55. The minimum absolute atomic E-state index is 0.186. The molecule has 7 nitrogen and oxygen atoms in total. The zero-order chi connectivity index (χ0) is 16.4. The van der Waals surface area contributed by atoms with Crippen molar-refractivity contribution in [1.82, 2.24) is 29.2 Å². The third kappa shape index (κ3) is 2.52. The lowest BCUT2D eigenvalue weighted by Crippen LogP contribution is -2.25. The average molecular weight is 318 g/mol. The number of hydrogen-bond acceptors (Lipinski definition) is 4. The number of pyridine rings is 2. The van der Waals surface area contributed by atoms with Crippen LogP contribution >= 0.6 is 0 Å². The van der Waals surface area contributed by atoms with Crippen LogP contribution in [-0.2, 0) is 6.54 Å². The second-order valence-corrected chi connectivity index (χ2v) is 5.21. The first-order chi connectivity index (χ1) is 11.8. The summed E-state index contributed by atoms with van der Waals surface area (Å²) in [6, 6.07) is 9.38. The predicted octanol–water partition coefficient (Wildman–Crippen LogP) is 1.84. The summed E-state index contributed by atoms with van der Waals surface area (Å²) in [5.41, 5.74) is 2.14. The van der Waals surface area contributed by atoms with Crippen molar-refractivity contribution in [3.8, 4) is 5.82 Å². The molecule has 4 heterocycles. The zero-order valence-corrected chi connectivity index (χ0v) is 12.7. The smallest absolute Gasteiger partial charge is 0.270 e. The molecule has 0 aliphatic heterocycles. The van der Waals surface area contributed by atoms with E-state index in [0.29, 0.717) is 12.2 Å². The summed E-state index contributed by atoms with van der Waals surface area (Å²) in [5.74, 6) is 0.558. The fraction of sp³-hybridized carbons (Fsp3) is 0.0588. The summed E-state index contributed by atoms with van der Waals surface area (Å²) in [7, 11) is 0. The summed E-state index contributed by atoms with van der Waals surface area (Å²) in [5, 5.41) is 2.92. The van der Waals surface area contributed by atoms with Crippen molar-refractivity contribution in [2.45, 2.75) is 6.54 Å². The number of nitrogens with zero attached hydrogens (tertiary/aromatic N) is 5. The minimum Gasteiger partial charge on any atom is -0.346 e. The van der Waals surface area contributed by atoms with Crippen LogP contribution in [0.1, 0.15) is 16.1 Å². The van der Waals surface area contributed by atoms with Crippen molar-refractivity contribution in [1.29, 1.82) is 0 Å². The van der Waals surface area contributed by atoms with Crippen LogP contribution in [0, 0.1) is 0 Å². The molecular formula is C17H14N6O. The number of carbonyl (C=O) groups excluding carboxylic acids is 1. The maximum atomic E-state index is 12.5. The first-order valence-corrected chi connectivity index (χ1v) is 7.45. The molecule has 0 aromatic carbocycles. The Balaban J connectivity index is 1.56. The molecule has 0 aliphatic carbocycles. The van der Waals surface area contributed by atoms with Gasteiger partial charge >= 0.3 is 0 Å². The second-order valence-electron chi connectivity index (χ2n) is 5.21. The molecule has 4 aromatic heterocycles. The third-order valence-corrected chi connectivity index (χ3v) is 3.71. The van der Waals surface area contributed by atoms with Gasteiger partial charge in [-0.15, -0.1) is 0 Å². The highest BCUT2D eigenvalue weighted by Gasteiger charge is 2.13. The predicted molar refractivity (Wildman–Crippen MR) is 87.7 cm³/mol. The van der Waals surface area contributed by atoms with Gasteiger partial charge in [0.25, 0.3) is 5.91 Å². The molecule has 0 spiro atoms. The van der Waals surface area contributed by atoms with Crippen LogP contribution in [0.4, 0.5) is 0 Å². The van der Waals surface area contributed by atoms with Gasteiger partial charge in [-0.1, -0.05) is 12.1 Å². The Morgan fingerprint density at radius 1 is 1.08 bits per heavy atom. The van der Waals surface area contributed by atoms with Crippen molar-refractivity contribution in [3.05, 3.63) is 78.9 Å².